The number of H-pyrrole nitrogens is 1. The molecule has 27 heavy (non-hydrogen) atoms. The molecular weight excluding hydrogens is 340 g/mol. The standard InChI is InChI=1S/C21H26N4O2/c1-21(2,3)20(26)27-24-10-8-16(9-11-24)25-14-15(12-23-25)18-13-22-19-7-5-4-6-17(18)19/h4-7,12-14,16,22H,8-11H2,1-3H3. The van der Waals surface area contributed by atoms with Gasteiger partial charge in [-0.15, -0.1) is 5.06 Å². The van der Waals surface area contributed by atoms with Crippen molar-refractivity contribution in [1.82, 2.24) is 19.8 Å². The summed E-state index contributed by atoms with van der Waals surface area (Å²) in [6, 6.07) is 8.62. The molecule has 1 aliphatic heterocycles. The summed E-state index contributed by atoms with van der Waals surface area (Å²) in [5, 5.41) is 7.60. The summed E-state index contributed by atoms with van der Waals surface area (Å²) in [5.41, 5.74) is 2.95. The minimum atomic E-state index is -0.479. The fourth-order valence-electron chi connectivity index (χ4n) is 3.44. The number of piperidine rings is 1. The largest absolute Gasteiger partial charge is 0.367 e. The van der Waals surface area contributed by atoms with Gasteiger partial charge in [0, 0.05) is 47.5 Å². The van der Waals surface area contributed by atoms with Crippen molar-refractivity contribution in [1.29, 1.82) is 0 Å². The van der Waals surface area contributed by atoms with E-state index in [4.69, 9.17) is 4.84 Å². The molecule has 3 aromatic rings. The smallest absolute Gasteiger partial charge is 0.330 e. The molecule has 0 unspecified atom stereocenters. The number of nitrogens with zero attached hydrogens (tertiary/aromatic N) is 3. The van der Waals surface area contributed by atoms with Crippen LogP contribution in [0.3, 0.4) is 0 Å². The molecule has 6 heteroatoms. The number of fused-ring (bicyclic) bond motifs is 1. The molecule has 0 spiro atoms. The summed E-state index contributed by atoms with van der Waals surface area (Å²) < 4.78 is 2.06. The molecule has 4 rings (SSSR count). The molecule has 0 bridgehead atoms. The van der Waals surface area contributed by atoms with Crippen LogP contribution in [0.15, 0.2) is 42.9 Å². The molecule has 1 aromatic carbocycles. The van der Waals surface area contributed by atoms with Crippen LogP contribution in [0, 0.1) is 5.41 Å². The minimum Gasteiger partial charge on any atom is -0.367 e. The van der Waals surface area contributed by atoms with Crippen molar-refractivity contribution in [3.05, 3.63) is 42.9 Å². The first-order valence-corrected chi connectivity index (χ1v) is 9.50. The van der Waals surface area contributed by atoms with Gasteiger partial charge in [-0.25, -0.2) is 4.79 Å². The van der Waals surface area contributed by atoms with Gasteiger partial charge in [0.2, 0.25) is 0 Å². The molecule has 0 saturated carbocycles. The predicted octanol–water partition coefficient (Wildman–Crippen LogP) is 4.17. The van der Waals surface area contributed by atoms with Crippen molar-refractivity contribution in [2.45, 2.75) is 39.7 Å². The van der Waals surface area contributed by atoms with Crippen molar-refractivity contribution in [3.63, 3.8) is 0 Å². The van der Waals surface area contributed by atoms with E-state index in [9.17, 15) is 4.79 Å². The lowest BCUT2D eigenvalue weighted by molar-refractivity contribution is -0.205. The number of aromatic amines is 1. The number of carbonyl (C=O) groups is 1. The number of hydrogen-bond acceptors (Lipinski definition) is 4. The highest BCUT2D eigenvalue weighted by Crippen LogP contribution is 2.30. The first-order chi connectivity index (χ1) is 12.9. The lowest BCUT2D eigenvalue weighted by Crippen LogP contribution is -2.39. The Labute approximate surface area is 159 Å². The molecule has 0 atom stereocenters. The van der Waals surface area contributed by atoms with Gasteiger partial charge in [-0.05, 0) is 39.7 Å². The highest BCUT2D eigenvalue weighted by atomic mass is 16.7. The van der Waals surface area contributed by atoms with Gasteiger partial charge in [-0.2, -0.15) is 5.10 Å². The van der Waals surface area contributed by atoms with E-state index in [1.165, 1.54) is 10.9 Å². The first kappa shape index (κ1) is 17.8. The van der Waals surface area contributed by atoms with E-state index in [-0.39, 0.29) is 5.97 Å². The van der Waals surface area contributed by atoms with E-state index in [0.29, 0.717) is 6.04 Å². The third-order valence-corrected chi connectivity index (χ3v) is 5.12. The van der Waals surface area contributed by atoms with E-state index in [1.54, 1.807) is 5.06 Å². The number of hydroxylamine groups is 2. The van der Waals surface area contributed by atoms with Crippen LogP contribution in [-0.2, 0) is 9.63 Å². The molecule has 3 heterocycles. The van der Waals surface area contributed by atoms with Crippen molar-refractivity contribution < 1.29 is 9.63 Å². The first-order valence-electron chi connectivity index (χ1n) is 9.50. The predicted molar refractivity (Wildman–Crippen MR) is 105 cm³/mol. The number of hydrogen-bond donors (Lipinski definition) is 1. The van der Waals surface area contributed by atoms with Crippen LogP contribution < -0.4 is 0 Å². The Morgan fingerprint density at radius 1 is 1.22 bits per heavy atom. The van der Waals surface area contributed by atoms with Crippen LogP contribution in [0.4, 0.5) is 0 Å². The molecule has 0 radical (unpaired) electrons. The van der Waals surface area contributed by atoms with E-state index in [0.717, 1.165) is 37.0 Å². The molecular formula is C21H26N4O2. The fourth-order valence-corrected chi connectivity index (χ4v) is 3.44. The van der Waals surface area contributed by atoms with Crippen molar-refractivity contribution in [3.8, 4) is 11.1 Å². The Hall–Kier alpha value is -2.60. The van der Waals surface area contributed by atoms with Gasteiger partial charge < -0.3 is 9.82 Å². The molecule has 1 N–H and O–H groups in total. The summed E-state index contributed by atoms with van der Waals surface area (Å²) >= 11 is 0. The summed E-state index contributed by atoms with van der Waals surface area (Å²) in [7, 11) is 0. The van der Waals surface area contributed by atoms with Crippen LogP contribution >= 0.6 is 0 Å². The number of para-hydroxylation sites is 1. The van der Waals surface area contributed by atoms with E-state index < -0.39 is 5.41 Å². The number of carbonyl (C=O) groups excluding carboxylic acids is 1. The van der Waals surface area contributed by atoms with Gasteiger partial charge in [0.25, 0.3) is 0 Å². The van der Waals surface area contributed by atoms with Gasteiger partial charge in [-0.1, -0.05) is 18.2 Å². The van der Waals surface area contributed by atoms with Gasteiger partial charge >= 0.3 is 5.97 Å². The van der Waals surface area contributed by atoms with Crippen LogP contribution in [0.1, 0.15) is 39.7 Å². The molecule has 0 aliphatic carbocycles. The van der Waals surface area contributed by atoms with Crippen LogP contribution in [0.25, 0.3) is 22.0 Å². The number of benzene rings is 1. The summed E-state index contributed by atoms with van der Waals surface area (Å²) in [4.78, 5) is 20.9. The highest BCUT2D eigenvalue weighted by molar-refractivity contribution is 5.95. The monoisotopic (exact) mass is 366 g/mol. The zero-order valence-corrected chi connectivity index (χ0v) is 16.1. The number of aromatic nitrogens is 3. The van der Waals surface area contributed by atoms with Crippen molar-refractivity contribution >= 4 is 16.9 Å². The lowest BCUT2D eigenvalue weighted by atomic mass is 9.98. The topological polar surface area (TPSA) is 63.1 Å². The average molecular weight is 366 g/mol. The lowest BCUT2D eigenvalue weighted by Gasteiger charge is -2.32. The van der Waals surface area contributed by atoms with Gasteiger partial charge in [0.15, 0.2) is 0 Å². The summed E-state index contributed by atoms with van der Waals surface area (Å²) in [6.45, 7) is 7.08. The second-order valence-electron chi connectivity index (χ2n) is 8.25. The second-order valence-corrected chi connectivity index (χ2v) is 8.25. The molecule has 142 valence electrons. The Bertz CT molecular complexity index is 942. The molecule has 1 fully saturated rings. The quantitative estimate of drug-likeness (QED) is 0.755. The van der Waals surface area contributed by atoms with Gasteiger partial charge in [0.05, 0.1) is 17.7 Å². The Morgan fingerprint density at radius 3 is 2.70 bits per heavy atom. The van der Waals surface area contributed by atoms with Crippen LogP contribution in [-0.4, -0.2) is 38.9 Å². The van der Waals surface area contributed by atoms with Crippen molar-refractivity contribution in [2.24, 2.45) is 5.41 Å². The maximum atomic E-state index is 12.0. The SMILES string of the molecule is CC(C)(C)C(=O)ON1CCC(n2cc(-c3c[nH]c4ccccc34)cn2)CC1. The maximum Gasteiger partial charge on any atom is 0.330 e. The molecule has 0 amide bonds. The maximum absolute atomic E-state index is 12.0. The van der Waals surface area contributed by atoms with E-state index >= 15 is 0 Å². The molecule has 6 nitrogen and oxygen atoms in total. The third kappa shape index (κ3) is 3.62. The Kier molecular flexibility index (Phi) is 4.52. The zero-order valence-electron chi connectivity index (χ0n) is 16.1. The minimum absolute atomic E-state index is 0.179. The van der Waals surface area contributed by atoms with E-state index in [1.807, 2.05) is 39.2 Å². The zero-order chi connectivity index (χ0) is 19.0. The van der Waals surface area contributed by atoms with Gasteiger partial charge in [-0.3, -0.25) is 4.68 Å². The normalized spacial score (nSPS) is 16.7. The summed E-state index contributed by atoms with van der Waals surface area (Å²) in [5.74, 6) is -0.179. The van der Waals surface area contributed by atoms with Crippen LogP contribution in [0.5, 0.6) is 0 Å². The molecule has 2 aromatic heterocycles. The summed E-state index contributed by atoms with van der Waals surface area (Å²) in [6.07, 6.45) is 7.91. The second kappa shape index (κ2) is 6.85. The highest BCUT2D eigenvalue weighted by Gasteiger charge is 2.29. The van der Waals surface area contributed by atoms with E-state index in [2.05, 4.69) is 39.2 Å². The number of rotatable bonds is 3. The van der Waals surface area contributed by atoms with Crippen LogP contribution in [0.2, 0.25) is 0 Å². The van der Waals surface area contributed by atoms with Gasteiger partial charge in [0.1, 0.15) is 0 Å². The van der Waals surface area contributed by atoms with Crippen molar-refractivity contribution in [2.75, 3.05) is 13.1 Å². The third-order valence-electron chi connectivity index (χ3n) is 5.12. The fraction of sp³-hybridized carbons (Fsp3) is 0.429. The Morgan fingerprint density at radius 2 is 1.96 bits per heavy atom. The number of nitrogens with one attached hydrogen (secondary N) is 1. The molecule has 1 saturated heterocycles. The average Bonchev–Trinajstić information content (AvgIpc) is 3.28. The molecule has 1 aliphatic rings. The Balaban J connectivity index is 1.42.